The van der Waals surface area contributed by atoms with Crippen molar-refractivity contribution in [3.05, 3.63) is 102 Å². The van der Waals surface area contributed by atoms with Gasteiger partial charge in [0.1, 0.15) is 21.5 Å². The van der Waals surface area contributed by atoms with Crippen LogP contribution in [0, 0.1) is 12.3 Å². The number of para-hydroxylation sites is 2. The van der Waals surface area contributed by atoms with Crippen molar-refractivity contribution < 1.29 is 18.3 Å². The molecular formula is C27H30N2O3S. The summed E-state index contributed by atoms with van der Waals surface area (Å²) in [5, 5.41) is 2.28. The molecule has 0 radical (unpaired) electrons. The molecule has 3 aromatic carbocycles. The van der Waals surface area contributed by atoms with Gasteiger partial charge >= 0.3 is 0 Å². The quantitative estimate of drug-likeness (QED) is 0.424. The summed E-state index contributed by atoms with van der Waals surface area (Å²) in [5.74, 6) is 0. The van der Waals surface area contributed by atoms with Crippen LogP contribution in [-0.4, -0.2) is 18.7 Å². The third-order valence-corrected chi connectivity index (χ3v) is 6.03. The minimum absolute atomic E-state index is 0.178. The summed E-state index contributed by atoms with van der Waals surface area (Å²) in [6.45, 7) is 6.46. The van der Waals surface area contributed by atoms with Crippen molar-refractivity contribution in [3.63, 3.8) is 0 Å². The van der Waals surface area contributed by atoms with Gasteiger partial charge in [-0.3, -0.25) is 10.3 Å². The molecule has 0 bridgehead atoms. The molecule has 0 saturated heterocycles. The topological polar surface area (TPSA) is 86.2 Å². The molecule has 0 unspecified atom stereocenters. The summed E-state index contributed by atoms with van der Waals surface area (Å²) in [6, 6.07) is 26.5. The van der Waals surface area contributed by atoms with Gasteiger partial charge in [-0.1, -0.05) is 67.9 Å². The highest BCUT2D eigenvalue weighted by Gasteiger charge is 2.28. The first-order valence-corrected chi connectivity index (χ1v) is 12.3. The number of benzene rings is 3. The van der Waals surface area contributed by atoms with Crippen molar-refractivity contribution in [2.45, 2.75) is 38.5 Å². The molecule has 2 N–H and O–H groups in total. The number of nitrogens with two attached hydrogens (primary N) is 1. The summed E-state index contributed by atoms with van der Waals surface area (Å²) < 4.78 is 31.2. The van der Waals surface area contributed by atoms with Crippen LogP contribution >= 0.6 is 0 Å². The fraction of sp³-hybridized carbons (Fsp3) is 0.222. The van der Waals surface area contributed by atoms with E-state index < -0.39 is 10.1 Å². The highest BCUT2D eigenvalue weighted by Crippen LogP contribution is 2.33. The average molecular weight is 463 g/mol. The number of aryl methyl sites for hydroxylation is 1. The third kappa shape index (κ3) is 8.09. The Bertz CT molecular complexity index is 1220. The molecule has 0 atom stereocenters. The largest absolute Gasteiger partial charge is 0.744 e. The van der Waals surface area contributed by atoms with E-state index in [4.69, 9.17) is 4.99 Å². The molecule has 6 heteroatoms. The van der Waals surface area contributed by atoms with Crippen LogP contribution in [0.25, 0.3) is 0 Å². The monoisotopic (exact) mass is 462 g/mol. The lowest BCUT2D eigenvalue weighted by molar-refractivity contribution is -0.522. The van der Waals surface area contributed by atoms with E-state index in [1.807, 2.05) is 25.1 Å². The molecule has 1 aliphatic carbocycles. The minimum Gasteiger partial charge on any atom is -0.744 e. The maximum absolute atomic E-state index is 10.4. The van der Waals surface area contributed by atoms with Gasteiger partial charge in [0.25, 0.3) is 0 Å². The normalized spacial score (nSPS) is 16.5. The van der Waals surface area contributed by atoms with Crippen LogP contribution in [0.4, 0.5) is 11.4 Å². The number of nitrogens with zero attached hydrogens (tertiary/aromatic N) is 1. The van der Waals surface area contributed by atoms with Crippen molar-refractivity contribution in [1.82, 2.24) is 0 Å². The standard InChI is InChI=1S/C20H22N2.C7H8O3S/c1-20(2)14-18(21-16-9-5-3-6-10-16)13-19(15-20)22-17-11-7-4-8-12-17;1-6-2-4-7(5-3-6)11(8,9)10/h3-13,21H,14-15H2,1-2H3;2-5H,1H3,(H,8,9,10). The van der Waals surface area contributed by atoms with Gasteiger partial charge in [0.2, 0.25) is 0 Å². The predicted octanol–water partition coefficient (Wildman–Crippen LogP) is 5.26. The average Bonchev–Trinajstić information content (AvgIpc) is 2.74. The zero-order chi connectivity index (χ0) is 23.9. The van der Waals surface area contributed by atoms with Gasteiger partial charge in [0.15, 0.2) is 0 Å². The zero-order valence-corrected chi connectivity index (χ0v) is 20.0. The smallest absolute Gasteiger partial charge is 0.134 e. The van der Waals surface area contributed by atoms with Crippen LogP contribution in [0.3, 0.4) is 0 Å². The fourth-order valence-corrected chi connectivity index (χ4v) is 4.19. The van der Waals surface area contributed by atoms with Gasteiger partial charge in [-0.05, 0) is 55.2 Å². The second kappa shape index (κ2) is 10.7. The molecule has 172 valence electrons. The van der Waals surface area contributed by atoms with Crippen LogP contribution in [0.1, 0.15) is 32.3 Å². The maximum atomic E-state index is 10.4. The number of hydrogen-bond donors (Lipinski definition) is 1. The molecule has 0 spiro atoms. The van der Waals surface area contributed by atoms with E-state index in [2.05, 4.69) is 67.7 Å². The fourth-order valence-electron chi connectivity index (χ4n) is 3.72. The Morgan fingerprint density at radius 1 is 0.848 bits per heavy atom. The van der Waals surface area contributed by atoms with Crippen LogP contribution in [0.5, 0.6) is 0 Å². The highest BCUT2D eigenvalue weighted by molar-refractivity contribution is 7.85. The predicted molar refractivity (Wildman–Crippen MR) is 132 cm³/mol. The Hall–Kier alpha value is -3.06. The molecule has 5 nitrogen and oxygen atoms in total. The maximum Gasteiger partial charge on any atom is 0.134 e. The van der Waals surface area contributed by atoms with Crippen LogP contribution in [0.15, 0.2) is 107 Å². The lowest BCUT2D eigenvalue weighted by atomic mass is 9.78. The van der Waals surface area contributed by atoms with Crippen molar-refractivity contribution >= 4 is 27.2 Å². The molecule has 4 rings (SSSR count). The number of aliphatic imine (C=N–C) groups is 1. The minimum atomic E-state index is -4.27. The Morgan fingerprint density at radius 2 is 1.42 bits per heavy atom. The first kappa shape index (κ1) is 24.6. The summed E-state index contributed by atoms with van der Waals surface area (Å²) in [7, 11) is -4.27. The first-order valence-electron chi connectivity index (χ1n) is 10.9. The van der Waals surface area contributed by atoms with Gasteiger partial charge in [-0.25, -0.2) is 8.42 Å². The van der Waals surface area contributed by atoms with Gasteiger partial charge in [0.05, 0.1) is 10.6 Å². The van der Waals surface area contributed by atoms with E-state index in [1.54, 1.807) is 12.1 Å². The van der Waals surface area contributed by atoms with E-state index in [1.165, 1.54) is 29.2 Å². The van der Waals surface area contributed by atoms with Crippen molar-refractivity contribution in [2.24, 2.45) is 10.4 Å². The first-order chi connectivity index (χ1) is 15.6. The SMILES string of the molecule is CC1(C)CC([NH2+]c2ccccc2)=CC(=Nc2ccccc2)C1.Cc1ccc(S(=O)(=O)[O-])cc1. The molecule has 3 aromatic rings. The van der Waals surface area contributed by atoms with Crippen LogP contribution < -0.4 is 5.32 Å². The number of allylic oxidation sites excluding steroid dienone is 2. The highest BCUT2D eigenvalue weighted by atomic mass is 32.2. The van der Waals surface area contributed by atoms with Crippen LogP contribution in [0.2, 0.25) is 0 Å². The van der Waals surface area contributed by atoms with Gasteiger partial charge in [0, 0.05) is 18.2 Å². The van der Waals surface area contributed by atoms with Gasteiger partial charge < -0.3 is 4.55 Å². The number of rotatable bonds is 4. The van der Waals surface area contributed by atoms with Crippen molar-refractivity contribution in [1.29, 1.82) is 0 Å². The molecule has 1 aliphatic rings. The Kier molecular flexibility index (Phi) is 7.97. The van der Waals surface area contributed by atoms with E-state index in [0.717, 1.165) is 24.1 Å². The summed E-state index contributed by atoms with van der Waals surface area (Å²) in [5.41, 5.74) is 6.00. The summed E-state index contributed by atoms with van der Waals surface area (Å²) in [6.07, 6.45) is 4.37. The third-order valence-electron chi connectivity index (χ3n) is 5.18. The Balaban J connectivity index is 0.000000235. The lowest BCUT2D eigenvalue weighted by Crippen LogP contribution is -2.76. The zero-order valence-electron chi connectivity index (χ0n) is 19.2. The molecular weight excluding hydrogens is 432 g/mol. The number of quaternary nitrogens is 1. The molecule has 0 aliphatic heterocycles. The molecule has 0 heterocycles. The van der Waals surface area contributed by atoms with Gasteiger partial charge in [-0.15, -0.1) is 0 Å². The van der Waals surface area contributed by atoms with Crippen LogP contribution in [-0.2, 0) is 10.1 Å². The van der Waals surface area contributed by atoms with Crippen molar-refractivity contribution in [2.75, 3.05) is 0 Å². The Labute approximate surface area is 196 Å². The lowest BCUT2D eigenvalue weighted by Gasteiger charge is -2.28. The molecule has 0 aromatic heterocycles. The van der Waals surface area contributed by atoms with E-state index in [0.29, 0.717) is 0 Å². The Morgan fingerprint density at radius 3 is 2.00 bits per heavy atom. The van der Waals surface area contributed by atoms with Gasteiger partial charge in [-0.2, -0.15) is 0 Å². The summed E-state index contributed by atoms with van der Waals surface area (Å²) >= 11 is 0. The molecule has 0 saturated carbocycles. The van der Waals surface area contributed by atoms with E-state index >= 15 is 0 Å². The second-order valence-corrected chi connectivity index (χ2v) is 10.4. The number of hydrogen-bond acceptors (Lipinski definition) is 4. The molecule has 33 heavy (non-hydrogen) atoms. The van der Waals surface area contributed by atoms with Crippen molar-refractivity contribution in [3.8, 4) is 0 Å². The van der Waals surface area contributed by atoms with E-state index in [-0.39, 0.29) is 10.3 Å². The molecule has 0 amide bonds. The molecule has 0 fully saturated rings. The second-order valence-electron chi connectivity index (χ2n) is 9.00. The summed E-state index contributed by atoms with van der Waals surface area (Å²) in [4.78, 5) is 4.65. The van der Waals surface area contributed by atoms with E-state index in [9.17, 15) is 13.0 Å².